The van der Waals surface area contributed by atoms with Crippen LogP contribution in [-0.4, -0.2) is 55.1 Å². The van der Waals surface area contributed by atoms with Crippen molar-refractivity contribution in [2.45, 2.75) is 19.0 Å². The second kappa shape index (κ2) is 9.71. The van der Waals surface area contributed by atoms with Gasteiger partial charge in [-0.15, -0.1) is 0 Å². The minimum atomic E-state index is -3.36. The van der Waals surface area contributed by atoms with Crippen molar-refractivity contribution in [3.05, 3.63) is 65.2 Å². The standard InChI is InChI=1S/C22H31N3O3S/c1-24(2)21-10-8-19(9-11-21)22(16-23-29(26,27)15-14-28-3)25-13-12-18-6-4-5-7-20(18)17-25/h4-11,22-23H,12-17H2,1-3H3/p+1/t22-/m1/s1. The minimum absolute atomic E-state index is 0.0199. The highest BCUT2D eigenvalue weighted by Gasteiger charge is 2.29. The highest BCUT2D eigenvalue weighted by Crippen LogP contribution is 2.18. The van der Waals surface area contributed by atoms with Crippen LogP contribution in [0.4, 0.5) is 5.69 Å². The van der Waals surface area contributed by atoms with Gasteiger partial charge in [0.2, 0.25) is 10.0 Å². The van der Waals surface area contributed by atoms with Gasteiger partial charge in [-0.3, -0.25) is 0 Å². The van der Waals surface area contributed by atoms with E-state index in [-0.39, 0.29) is 18.4 Å². The van der Waals surface area contributed by atoms with Crippen molar-refractivity contribution >= 4 is 15.7 Å². The normalized spacial score (nSPS) is 17.6. The maximum atomic E-state index is 12.3. The van der Waals surface area contributed by atoms with E-state index >= 15 is 0 Å². The molecule has 29 heavy (non-hydrogen) atoms. The number of benzene rings is 2. The van der Waals surface area contributed by atoms with E-state index in [2.05, 4.69) is 58.2 Å². The zero-order valence-corrected chi connectivity index (χ0v) is 18.3. The smallest absolute Gasteiger partial charge is 0.214 e. The number of methoxy groups -OCH3 is 1. The van der Waals surface area contributed by atoms with Gasteiger partial charge in [-0.05, 0) is 17.7 Å². The van der Waals surface area contributed by atoms with Gasteiger partial charge >= 0.3 is 0 Å². The highest BCUT2D eigenvalue weighted by atomic mass is 32.2. The summed E-state index contributed by atoms with van der Waals surface area (Å²) in [5.74, 6) is -0.0199. The maximum Gasteiger partial charge on any atom is 0.214 e. The van der Waals surface area contributed by atoms with Crippen LogP contribution in [0.1, 0.15) is 22.7 Å². The van der Waals surface area contributed by atoms with E-state index in [1.54, 1.807) is 0 Å². The zero-order valence-electron chi connectivity index (χ0n) is 17.5. The van der Waals surface area contributed by atoms with Crippen LogP contribution in [0.2, 0.25) is 0 Å². The molecule has 158 valence electrons. The Balaban J connectivity index is 1.81. The third-order valence-electron chi connectivity index (χ3n) is 5.62. The number of anilines is 1. The molecule has 0 fully saturated rings. The summed E-state index contributed by atoms with van der Waals surface area (Å²) in [5, 5.41) is 0. The zero-order chi connectivity index (χ0) is 20.9. The summed E-state index contributed by atoms with van der Waals surface area (Å²) < 4.78 is 32.4. The van der Waals surface area contributed by atoms with Gasteiger partial charge in [0.25, 0.3) is 0 Å². The lowest BCUT2D eigenvalue weighted by atomic mass is 9.96. The Bertz CT molecular complexity index is 898. The third kappa shape index (κ3) is 5.79. The molecule has 1 aliphatic rings. The number of sulfonamides is 1. The van der Waals surface area contributed by atoms with Crippen LogP contribution in [0.15, 0.2) is 48.5 Å². The predicted octanol–water partition coefficient (Wildman–Crippen LogP) is 1.00. The van der Waals surface area contributed by atoms with E-state index in [4.69, 9.17) is 4.74 Å². The lowest BCUT2D eigenvalue weighted by Gasteiger charge is -2.33. The molecule has 0 aromatic heterocycles. The molecule has 0 radical (unpaired) electrons. The number of ether oxygens (including phenoxy) is 1. The fourth-order valence-electron chi connectivity index (χ4n) is 3.88. The molecule has 1 heterocycles. The first-order chi connectivity index (χ1) is 13.9. The van der Waals surface area contributed by atoms with Crippen molar-refractivity contribution in [2.24, 2.45) is 0 Å². The van der Waals surface area contributed by atoms with E-state index in [1.807, 2.05) is 14.1 Å². The average Bonchev–Trinajstić information content (AvgIpc) is 2.72. The maximum absolute atomic E-state index is 12.3. The Morgan fingerprint density at radius 2 is 1.79 bits per heavy atom. The SMILES string of the molecule is COCCS(=O)(=O)NC[C@H](c1ccc(N(C)C)cc1)[NH+]1CCc2ccccc2C1. The lowest BCUT2D eigenvalue weighted by Crippen LogP contribution is -3.12. The Morgan fingerprint density at radius 1 is 1.10 bits per heavy atom. The number of hydrogen-bond acceptors (Lipinski definition) is 4. The number of quaternary nitrogens is 1. The summed E-state index contributed by atoms with van der Waals surface area (Å²) in [7, 11) is 2.18. The molecule has 6 nitrogen and oxygen atoms in total. The topological polar surface area (TPSA) is 63.1 Å². The number of hydrogen-bond donors (Lipinski definition) is 2. The molecule has 3 rings (SSSR count). The fourth-order valence-corrected chi connectivity index (χ4v) is 4.83. The summed E-state index contributed by atoms with van der Waals surface area (Å²) in [6.07, 6.45) is 1.01. The van der Waals surface area contributed by atoms with Crippen LogP contribution in [-0.2, 0) is 27.7 Å². The fraction of sp³-hybridized carbons (Fsp3) is 0.455. The number of rotatable bonds is 9. The Morgan fingerprint density at radius 3 is 2.45 bits per heavy atom. The van der Waals surface area contributed by atoms with Gasteiger partial charge in [0.1, 0.15) is 12.6 Å². The van der Waals surface area contributed by atoms with Crippen LogP contribution in [0.3, 0.4) is 0 Å². The summed E-state index contributed by atoms with van der Waals surface area (Å²) in [5.41, 5.74) is 5.04. The largest absolute Gasteiger partial charge is 0.384 e. The molecule has 0 aliphatic carbocycles. The molecule has 0 saturated heterocycles. The van der Waals surface area contributed by atoms with Crippen molar-refractivity contribution in [1.29, 1.82) is 0 Å². The molecule has 2 N–H and O–H groups in total. The first-order valence-electron chi connectivity index (χ1n) is 10.0. The van der Waals surface area contributed by atoms with E-state index < -0.39 is 10.0 Å². The average molecular weight is 419 g/mol. The van der Waals surface area contributed by atoms with Crippen LogP contribution in [0, 0.1) is 0 Å². The Labute approximate surface area is 174 Å². The molecule has 0 saturated carbocycles. The second-order valence-corrected chi connectivity index (χ2v) is 9.73. The van der Waals surface area contributed by atoms with Gasteiger partial charge in [0, 0.05) is 44.4 Å². The van der Waals surface area contributed by atoms with Gasteiger partial charge in [-0.1, -0.05) is 36.4 Å². The molecular formula is C22H32N3O3S+. The van der Waals surface area contributed by atoms with E-state index in [1.165, 1.54) is 23.1 Å². The first kappa shape index (κ1) is 21.8. The predicted molar refractivity (Wildman–Crippen MR) is 117 cm³/mol. The molecule has 2 aromatic rings. The molecule has 1 aliphatic heterocycles. The van der Waals surface area contributed by atoms with Crippen molar-refractivity contribution in [2.75, 3.05) is 51.6 Å². The van der Waals surface area contributed by atoms with Gasteiger partial charge in [-0.25, -0.2) is 13.1 Å². The van der Waals surface area contributed by atoms with Crippen molar-refractivity contribution < 1.29 is 18.1 Å². The van der Waals surface area contributed by atoms with Crippen LogP contribution in [0.25, 0.3) is 0 Å². The van der Waals surface area contributed by atoms with E-state index in [0.717, 1.165) is 30.8 Å². The molecule has 2 aromatic carbocycles. The number of nitrogens with one attached hydrogen (secondary N) is 2. The summed E-state index contributed by atoms with van der Waals surface area (Å²) >= 11 is 0. The van der Waals surface area contributed by atoms with Gasteiger partial charge < -0.3 is 14.5 Å². The monoisotopic (exact) mass is 418 g/mol. The number of fused-ring (bicyclic) bond motifs is 1. The lowest BCUT2D eigenvalue weighted by molar-refractivity contribution is -0.945. The van der Waals surface area contributed by atoms with Crippen LogP contribution in [0.5, 0.6) is 0 Å². The van der Waals surface area contributed by atoms with E-state index in [0.29, 0.717) is 6.54 Å². The summed E-state index contributed by atoms with van der Waals surface area (Å²) in [6.45, 7) is 2.46. The first-order valence-corrected chi connectivity index (χ1v) is 11.7. The summed E-state index contributed by atoms with van der Waals surface area (Å²) in [6, 6.07) is 17.0. The van der Waals surface area contributed by atoms with Gasteiger partial charge in [0.15, 0.2) is 0 Å². The molecule has 0 spiro atoms. The molecule has 7 heteroatoms. The molecule has 1 unspecified atom stereocenters. The molecule has 0 bridgehead atoms. The third-order valence-corrected chi connectivity index (χ3v) is 6.93. The second-order valence-electron chi connectivity index (χ2n) is 7.80. The van der Waals surface area contributed by atoms with Gasteiger partial charge in [0.05, 0.1) is 25.4 Å². The Kier molecular flexibility index (Phi) is 7.29. The van der Waals surface area contributed by atoms with Crippen molar-refractivity contribution in [3.8, 4) is 0 Å². The van der Waals surface area contributed by atoms with Crippen molar-refractivity contribution in [3.63, 3.8) is 0 Å². The van der Waals surface area contributed by atoms with Crippen LogP contribution >= 0.6 is 0 Å². The minimum Gasteiger partial charge on any atom is -0.384 e. The van der Waals surface area contributed by atoms with Crippen molar-refractivity contribution in [1.82, 2.24) is 4.72 Å². The Hall–Kier alpha value is -1.93. The molecule has 2 atom stereocenters. The quantitative estimate of drug-likeness (QED) is 0.638. The number of nitrogens with zero attached hydrogens (tertiary/aromatic N) is 1. The molecule has 0 amide bonds. The van der Waals surface area contributed by atoms with Crippen LogP contribution < -0.4 is 14.5 Å². The molecular weight excluding hydrogens is 386 g/mol. The highest BCUT2D eigenvalue weighted by molar-refractivity contribution is 7.89. The van der Waals surface area contributed by atoms with E-state index in [9.17, 15) is 8.42 Å². The van der Waals surface area contributed by atoms with Gasteiger partial charge in [-0.2, -0.15) is 0 Å². The summed E-state index contributed by atoms with van der Waals surface area (Å²) in [4.78, 5) is 3.45.